The van der Waals surface area contributed by atoms with E-state index in [1.807, 2.05) is 35.7 Å². The van der Waals surface area contributed by atoms with E-state index in [1.165, 1.54) is 13.8 Å². The van der Waals surface area contributed by atoms with Crippen molar-refractivity contribution in [1.29, 1.82) is 0 Å². The number of rotatable bonds is 2. The van der Waals surface area contributed by atoms with E-state index in [0.717, 1.165) is 11.2 Å². The third-order valence-corrected chi connectivity index (χ3v) is 2.64. The van der Waals surface area contributed by atoms with Crippen LogP contribution in [0.4, 0.5) is 0 Å². The maximum atomic E-state index is 11.6. The molecule has 2 aromatic heterocycles. The molecule has 0 amide bonds. The lowest BCUT2D eigenvalue weighted by molar-refractivity contribution is -0.131. The summed E-state index contributed by atoms with van der Waals surface area (Å²) in [6, 6.07) is 5.52. The number of hydrogen-bond acceptors (Lipinski definition) is 3. The first-order valence-electron chi connectivity index (χ1n) is 5.31. The first-order valence-corrected chi connectivity index (χ1v) is 5.31. The highest BCUT2D eigenvalue weighted by Gasteiger charge is 2.20. The topological polar surface area (TPSA) is 47.8 Å². The number of Topliss-reactive ketones (excluding diaryl/α,β-unsaturated/α-hetero) is 1. The molecule has 0 N–H and O–H groups in total. The van der Waals surface area contributed by atoms with Crippen LogP contribution >= 0.6 is 0 Å². The first-order chi connectivity index (χ1) is 8.02. The molecule has 0 fully saturated rings. The average molecular weight is 231 g/mol. The monoisotopic (exact) mass is 231 g/mol. The van der Waals surface area contributed by atoms with Gasteiger partial charge in [0.1, 0.15) is 0 Å². The van der Waals surface area contributed by atoms with Gasteiger partial charge in [-0.15, -0.1) is 0 Å². The summed E-state index contributed by atoms with van der Waals surface area (Å²) < 4.78 is 7.00. The molecule has 0 aromatic carbocycles. The molecule has 2 rings (SSSR count). The molecule has 4 heteroatoms. The second-order valence-electron chi connectivity index (χ2n) is 3.90. The van der Waals surface area contributed by atoms with Crippen LogP contribution in [-0.2, 0) is 4.79 Å². The van der Waals surface area contributed by atoms with E-state index in [9.17, 15) is 9.59 Å². The molecule has 0 saturated carbocycles. The number of fused-ring (bicyclic) bond motifs is 1. The van der Waals surface area contributed by atoms with Crippen molar-refractivity contribution in [2.24, 2.45) is 0 Å². The van der Waals surface area contributed by atoms with E-state index in [2.05, 4.69) is 0 Å². The van der Waals surface area contributed by atoms with E-state index in [-0.39, 0.29) is 5.78 Å². The van der Waals surface area contributed by atoms with Crippen molar-refractivity contribution >= 4 is 17.3 Å². The van der Waals surface area contributed by atoms with Gasteiger partial charge in [0.25, 0.3) is 0 Å². The highest BCUT2D eigenvalue weighted by molar-refractivity contribution is 6.02. The average Bonchev–Trinajstić information content (AvgIpc) is 2.52. The Kier molecular flexibility index (Phi) is 2.71. The molecule has 0 radical (unpaired) electrons. The van der Waals surface area contributed by atoms with Crippen LogP contribution in [0.15, 0.2) is 24.4 Å². The van der Waals surface area contributed by atoms with Gasteiger partial charge in [-0.05, 0) is 26.0 Å². The van der Waals surface area contributed by atoms with Gasteiger partial charge in [-0.3, -0.25) is 9.59 Å². The summed E-state index contributed by atoms with van der Waals surface area (Å²) in [7, 11) is 0. The van der Waals surface area contributed by atoms with E-state index >= 15 is 0 Å². The summed E-state index contributed by atoms with van der Waals surface area (Å²) in [4.78, 5) is 22.7. The molecule has 0 aliphatic carbocycles. The third kappa shape index (κ3) is 1.82. The maximum Gasteiger partial charge on any atom is 0.308 e. The van der Waals surface area contributed by atoms with Gasteiger partial charge in [0.15, 0.2) is 11.5 Å². The number of nitrogens with zero attached hydrogens (tertiary/aromatic N) is 1. The van der Waals surface area contributed by atoms with Crippen LogP contribution in [0.1, 0.15) is 29.9 Å². The molecule has 17 heavy (non-hydrogen) atoms. The van der Waals surface area contributed by atoms with Crippen LogP contribution in [0.25, 0.3) is 5.52 Å². The maximum absolute atomic E-state index is 11.6. The molecule has 0 spiro atoms. The van der Waals surface area contributed by atoms with Crippen LogP contribution in [0.2, 0.25) is 0 Å². The number of ketones is 1. The quantitative estimate of drug-likeness (QED) is 0.589. The van der Waals surface area contributed by atoms with E-state index in [4.69, 9.17) is 4.74 Å². The summed E-state index contributed by atoms with van der Waals surface area (Å²) >= 11 is 0. The molecule has 0 aliphatic rings. The molecule has 4 nitrogen and oxygen atoms in total. The van der Waals surface area contributed by atoms with Crippen molar-refractivity contribution in [2.45, 2.75) is 20.8 Å². The number of ether oxygens (including phenoxy) is 1. The number of aryl methyl sites for hydroxylation is 1. The second kappa shape index (κ2) is 4.05. The number of aromatic nitrogens is 1. The fourth-order valence-corrected chi connectivity index (χ4v) is 2.00. The van der Waals surface area contributed by atoms with E-state index in [1.54, 1.807) is 0 Å². The molecule has 0 atom stereocenters. The van der Waals surface area contributed by atoms with Gasteiger partial charge in [-0.25, -0.2) is 0 Å². The van der Waals surface area contributed by atoms with Crippen LogP contribution in [-0.4, -0.2) is 16.2 Å². The van der Waals surface area contributed by atoms with Crippen molar-refractivity contribution in [2.75, 3.05) is 0 Å². The van der Waals surface area contributed by atoms with Gasteiger partial charge in [-0.2, -0.15) is 0 Å². The minimum Gasteiger partial charge on any atom is -0.424 e. The Morgan fingerprint density at radius 2 is 1.94 bits per heavy atom. The normalized spacial score (nSPS) is 10.5. The highest BCUT2D eigenvalue weighted by Crippen LogP contribution is 2.31. The minimum atomic E-state index is -0.427. The van der Waals surface area contributed by atoms with Crippen molar-refractivity contribution < 1.29 is 14.3 Å². The van der Waals surface area contributed by atoms with Crippen molar-refractivity contribution in [3.8, 4) is 5.75 Å². The molecule has 2 heterocycles. The number of carbonyl (C=O) groups excluding carboxylic acids is 2. The van der Waals surface area contributed by atoms with Crippen LogP contribution in [0.5, 0.6) is 5.75 Å². The van der Waals surface area contributed by atoms with Crippen molar-refractivity contribution in [1.82, 2.24) is 4.40 Å². The van der Waals surface area contributed by atoms with Crippen molar-refractivity contribution in [3.05, 3.63) is 35.7 Å². The fraction of sp³-hybridized carbons (Fsp3) is 0.231. The lowest BCUT2D eigenvalue weighted by Crippen LogP contribution is -2.05. The lowest BCUT2D eigenvalue weighted by atomic mass is 10.1. The molecule has 88 valence electrons. The Morgan fingerprint density at radius 1 is 1.24 bits per heavy atom. The Morgan fingerprint density at radius 3 is 2.53 bits per heavy atom. The predicted octanol–water partition coefficient (Wildman–Crippen LogP) is 2.38. The number of esters is 1. The Hall–Kier alpha value is -2.10. The smallest absolute Gasteiger partial charge is 0.308 e. The first kappa shape index (κ1) is 11.4. The molecule has 0 saturated heterocycles. The number of hydrogen-bond donors (Lipinski definition) is 0. The lowest BCUT2D eigenvalue weighted by Gasteiger charge is -2.01. The van der Waals surface area contributed by atoms with Gasteiger partial charge in [0, 0.05) is 18.8 Å². The highest BCUT2D eigenvalue weighted by atomic mass is 16.5. The van der Waals surface area contributed by atoms with Gasteiger partial charge in [0.2, 0.25) is 0 Å². The molecule has 0 aliphatic heterocycles. The van der Waals surface area contributed by atoms with Gasteiger partial charge < -0.3 is 9.14 Å². The van der Waals surface area contributed by atoms with E-state index < -0.39 is 5.97 Å². The number of pyridine rings is 1. The number of carbonyl (C=O) groups is 2. The minimum absolute atomic E-state index is 0.109. The standard InChI is InChI=1S/C13H13NO3/c1-8-12(9(2)15)13(17-10(3)16)11-6-4-5-7-14(8)11/h4-7H,1-3H3. The SMILES string of the molecule is CC(=O)Oc1c(C(C)=O)c(C)n2ccccc12. The molecular formula is C13H13NO3. The van der Waals surface area contributed by atoms with Crippen LogP contribution in [0.3, 0.4) is 0 Å². The fourth-order valence-electron chi connectivity index (χ4n) is 2.00. The van der Waals surface area contributed by atoms with Crippen LogP contribution < -0.4 is 4.74 Å². The van der Waals surface area contributed by atoms with Crippen molar-refractivity contribution in [3.63, 3.8) is 0 Å². The molecular weight excluding hydrogens is 218 g/mol. The Bertz CT molecular complexity index is 610. The zero-order valence-corrected chi connectivity index (χ0v) is 9.98. The molecule has 0 unspecified atom stereocenters. The summed E-state index contributed by atoms with van der Waals surface area (Å²) in [5.74, 6) is -0.186. The summed E-state index contributed by atoms with van der Waals surface area (Å²) in [6.45, 7) is 4.62. The summed E-state index contributed by atoms with van der Waals surface area (Å²) in [6.07, 6.45) is 1.84. The largest absolute Gasteiger partial charge is 0.424 e. The van der Waals surface area contributed by atoms with E-state index in [0.29, 0.717) is 11.3 Å². The Balaban J connectivity index is 2.80. The van der Waals surface area contributed by atoms with Gasteiger partial charge >= 0.3 is 5.97 Å². The summed E-state index contributed by atoms with van der Waals surface area (Å²) in [5, 5.41) is 0. The summed E-state index contributed by atoms with van der Waals surface area (Å²) in [5.41, 5.74) is 1.97. The zero-order valence-electron chi connectivity index (χ0n) is 9.98. The van der Waals surface area contributed by atoms with Gasteiger partial charge in [-0.1, -0.05) is 6.07 Å². The third-order valence-electron chi connectivity index (χ3n) is 2.64. The van der Waals surface area contributed by atoms with Crippen LogP contribution in [0, 0.1) is 6.92 Å². The van der Waals surface area contributed by atoms with Gasteiger partial charge in [0.05, 0.1) is 11.1 Å². The second-order valence-corrected chi connectivity index (χ2v) is 3.90. The molecule has 0 bridgehead atoms. The zero-order chi connectivity index (χ0) is 12.6. The molecule has 2 aromatic rings. The predicted molar refractivity (Wildman–Crippen MR) is 63.4 cm³/mol. The Labute approximate surface area is 98.8 Å².